The van der Waals surface area contributed by atoms with Crippen molar-refractivity contribution in [1.29, 1.82) is 0 Å². The van der Waals surface area contributed by atoms with Crippen molar-refractivity contribution in [1.82, 2.24) is 4.90 Å². The second kappa shape index (κ2) is 10.4. The quantitative estimate of drug-likeness (QED) is 0.206. The van der Waals surface area contributed by atoms with Gasteiger partial charge in [-0.15, -0.1) is 0 Å². The summed E-state index contributed by atoms with van der Waals surface area (Å²) in [5, 5.41) is 14.9. The molecule has 1 aromatic heterocycles. The summed E-state index contributed by atoms with van der Waals surface area (Å²) in [7, 11) is 0. The topological polar surface area (TPSA) is 88.6 Å². The predicted octanol–water partition coefficient (Wildman–Crippen LogP) is 7.40. The van der Waals surface area contributed by atoms with E-state index in [0.29, 0.717) is 27.9 Å². The molecule has 0 radical (unpaired) electrons. The average Bonchev–Trinajstić information content (AvgIpc) is 3.45. The molecule has 2 heterocycles. The number of nitro benzene ring substituents is 1. The molecule has 1 unspecified atom stereocenters. The predicted molar refractivity (Wildman–Crippen MR) is 143 cm³/mol. The van der Waals surface area contributed by atoms with Crippen molar-refractivity contribution in [2.75, 3.05) is 5.32 Å². The number of carbonyl (C=O) groups is 1. The van der Waals surface area contributed by atoms with Crippen LogP contribution in [0.1, 0.15) is 38.4 Å². The zero-order chi connectivity index (χ0) is 25.2. The van der Waals surface area contributed by atoms with Crippen molar-refractivity contribution in [3.63, 3.8) is 0 Å². The van der Waals surface area contributed by atoms with Crippen molar-refractivity contribution in [2.45, 2.75) is 44.1 Å². The van der Waals surface area contributed by atoms with Crippen molar-refractivity contribution < 1.29 is 14.1 Å². The van der Waals surface area contributed by atoms with Crippen LogP contribution >= 0.6 is 23.4 Å². The molecule has 2 fully saturated rings. The fraction of sp³-hybridized carbons (Fsp3) is 0.296. The van der Waals surface area contributed by atoms with Gasteiger partial charge in [0.25, 0.3) is 11.6 Å². The molecule has 0 spiro atoms. The number of para-hydroxylation sites is 1. The third-order valence-corrected chi connectivity index (χ3v) is 8.19. The van der Waals surface area contributed by atoms with Gasteiger partial charge < -0.3 is 14.6 Å². The minimum absolute atomic E-state index is 0.00716. The number of carbonyl (C=O) groups excluding carboxylic acids is 1. The van der Waals surface area contributed by atoms with E-state index in [1.54, 1.807) is 24.3 Å². The number of amides is 1. The third kappa shape index (κ3) is 5.01. The zero-order valence-corrected chi connectivity index (χ0v) is 21.3. The normalized spacial score (nSPS) is 23.3. The van der Waals surface area contributed by atoms with Crippen molar-refractivity contribution in [3.8, 4) is 11.3 Å². The number of halogens is 1. The van der Waals surface area contributed by atoms with Gasteiger partial charge in [0.15, 0.2) is 5.50 Å². The highest BCUT2D eigenvalue weighted by molar-refractivity contribution is 8.05. The standard InChI is InChI=1S/C27H26ClN3O4S/c1-17-7-5-6-10-22(17)30-26(32)25(36-27(30)29-19-8-3-2-4-9-19)16-20-12-14-24(35-20)18-11-13-21(28)23(15-18)31(33)34/h2-4,8-9,11-17,22,27,29H,5-7,10H2,1H3/b25-16-/t17-,22+,27?/m1/s1. The summed E-state index contributed by atoms with van der Waals surface area (Å²) >= 11 is 7.43. The van der Waals surface area contributed by atoms with Gasteiger partial charge in [-0.2, -0.15) is 0 Å². The molecule has 3 aromatic rings. The van der Waals surface area contributed by atoms with E-state index in [1.807, 2.05) is 35.2 Å². The first-order valence-corrected chi connectivity index (χ1v) is 13.2. The molecule has 5 rings (SSSR count). The average molecular weight is 524 g/mol. The lowest BCUT2D eigenvalue weighted by Crippen LogP contribution is -2.48. The molecule has 2 aliphatic rings. The Morgan fingerprint density at radius 3 is 2.67 bits per heavy atom. The highest BCUT2D eigenvalue weighted by atomic mass is 35.5. The minimum Gasteiger partial charge on any atom is -0.457 e. The fourth-order valence-corrected chi connectivity index (χ4v) is 6.27. The molecule has 3 atom stereocenters. The first-order valence-electron chi connectivity index (χ1n) is 12.0. The maximum Gasteiger partial charge on any atom is 0.288 e. The number of nitrogens with one attached hydrogen (secondary N) is 1. The van der Waals surface area contributed by atoms with Crippen LogP contribution in [0.2, 0.25) is 5.02 Å². The van der Waals surface area contributed by atoms with Crippen molar-refractivity contribution in [3.05, 3.63) is 86.5 Å². The molecular weight excluding hydrogens is 498 g/mol. The summed E-state index contributed by atoms with van der Waals surface area (Å²) in [4.78, 5) is 27.0. The van der Waals surface area contributed by atoms with E-state index in [2.05, 4.69) is 12.2 Å². The third-order valence-electron chi connectivity index (χ3n) is 6.75. The van der Waals surface area contributed by atoms with Crippen molar-refractivity contribution >= 4 is 46.7 Å². The van der Waals surface area contributed by atoms with Gasteiger partial charge in [-0.1, -0.05) is 61.3 Å². The maximum atomic E-state index is 13.7. The number of benzene rings is 2. The second-order valence-electron chi connectivity index (χ2n) is 9.16. The Morgan fingerprint density at radius 1 is 1.14 bits per heavy atom. The Bertz CT molecular complexity index is 1310. The summed E-state index contributed by atoms with van der Waals surface area (Å²) in [5.74, 6) is 1.40. The lowest BCUT2D eigenvalue weighted by atomic mass is 9.85. The molecule has 1 saturated heterocycles. The molecule has 7 nitrogen and oxygen atoms in total. The van der Waals surface area contributed by atoms with E-state index in [1.165, 1.54) is 30.3 Å². The van der Waals surface area contributed by atoms with Gasteiger partial charge in [0.2, 0.25) is 0 Å². The lowest BCUT2D eigenvalue weighted by Gasteiger charge is -2.39. The molecular formula is C27H26ClN3O4S. The molecule has 1 aliphatic carbocycles. The SMILES string of the molecule is C[C@@H]1CCCC[C@@H]1N1C(=O)/C(=C/c2ccc(-c3ccc(Cl)c([N+](=O)[O-])c3)o2)SC1Nc1ccccc1. The van der Waals surface area contributed by atoms with Gasteiger partial charge >= 0.3 is 0 Å². The van der Waals surface area contributed by atoms with Crippen LogP contribution in [0, 0.1) is 16.0 Å². The van der Waals surface area contributed by atoms with E-state index >= 15 is 0 Å². The first-order chi connectivity index (χ1) is 17.4. The van der Waals surface area contributed by atoms with Crippen LogP contribution < -0.4 is 5.32 Å². The number of nitrogens with zero attached hydrogens (tertiary/aromatic N) is 2. The Balaban J connectivity index is 1.43. The number of furan rings is 1. The second-order valence-corrected chi connectivity index (χ2v) is 10.7. The smallest absolute Gasteiger partial charge is 0.288 e. The number of anilines is 1. The summed E-state index contributed by atoms with van der Waals surface area (Å²) < 4.78 is 5.96. The van der Waals surface area contributed by atoms with Crippen LogP contribution in [0.25, 0.3) is 17.4 Å². The number of thioether (sulfide) groups is 1. The van der Waals surface area contributed by atoms with Gasteiger partial charge in [-0.05, 0) is 55.2 Å². The summed E-state index contributed by atoms with van der Waals surface area (Å²) in [5.41, 5.74) is 1.11. The van der Waals surface area contributed by atoms with Gasteiger partial charge in [0, 0.05) is 29.4 Å². The summed E-state index contributed by atoms with van der Waals surface area (Å²) in [6.07, 6.45) is 6.19. The molecule has 1 saturated carbocycles. The molecule has 1 amide bonds. The number of nitro groups is 1. The van der Waals surface area contributed by atoms with Gasteiger partial charge in [0.05, 0.1) is 9.83 Å². The van der Waals surface area contributed by atoms with Gasteiger partial charge in [-0.25, -0.2) is 0 Å². The number of hydrogen-bond donors (Lipinski definition) is 1. The minimum atomic E-state index is -0.522. The van der Waals surface area contributed by atoms with Gasteiger partial charge in [0.1, 0.15) is 16.5 Å². The molecule has 2 aromatic carbocycles. The molecule has 1 N–H and O–H groups in total. The Kier molecular flexibility index (Phi) is 7.07. The Morgan fingerprint density at radius 2 is 1.92 bits per heavy atom. The van der Waals surface area contributed by atoms with Crippen LogP contribution in [0.3, 0.4) is 0 Å². The van der Waals surface area contributed by atoms with Crippen LogP contribution in [0.4, 0.5) is 11.4 Å². The Hall–Kier alpha value is -3.23. The van der Waals surface area contributed by atoms with Crippen molar-refractivity contribution in [2.24, 2.45) is 5.92 Å². The molecule has 36 heavy (non-hydrogen) atoms. The lowest BCUT2D eigenvalue weighted by molar-refractivity contribution is -0.384. The first kappa shape index (κ1) is 24.5. The molecule has 1 aliphatic heterocycles. The van der Waals surface area contributed by atoms with E-state index < -0.39 is 4.92 Å². The van der Waals surface area contributed by atoms with E-state index in [4.69, 9.17) is 16.0 Å². The van der Waals surface area contributed by atoms with Crippen LogP contribution in [-0.4, -0.2) is 27.3 Å². The maximum absolute atomic E-state index is 13.7. The highest BCUT2D eigenvalue weighted by Crippen LogP contribution is 2.42. The molecule has 0 bridgehead atoms. The number of rotatable bonds is 6. The number of hydrogen-bond acceptors (Lipinski definition) is 6. The van der Waals surface area contributed by atoms with Crippen LogP contribution in [0.5, 0.6) is 0 Å². The van der Waals surface area contributed by atoms with Gasteiger partial charge in [-0.3, -0.25) is 14.9 Å². The van der Waals surface area contributed by atoms with E-state index in [0.717, 1.165) is 24.9 Å². The van der Waals surface area contributed by atoms with Crippen LogP contribution in [0.15, 0.2) is 70.0 Å². The Labute approximate surface area is 218 Å². The van der Waals surface area contributed by atoms with Crippen LogP contribution in [-0.2, 0) is 4.79 Å². The fourth-order valence-electron chi connectivity index (χ4n) is 4.89. The largest absolute Gasteiger partial charge is 0.457 e. The molecule has 9 heteroatoms. The van der Waals surface area contributed by atoms with E-state index in [9.17, 15) is 14.9 Å². The monoisotopic (exact) mass is 523 g/mol. The molecule has 186 valence electrons. The van der Waals surface area contributed by atoms with E-state index in [-0.39, 0.29) is 28.2 Å². The summed E-state index contributed by atoms with van der Waals surface area (Å²) in [6.45, 7) is 2.23. The zero-order valence-electron chi connectivity index (χ0n) is 19.7. The highest BCUT2D eigenvalue weighted by Gasteiger charge is 2.43. The summed E-state index contributed by atoms with van der Waals surface area (Å²) in [6, 6.07) is 18.1.